The molecule has 292 valence electrons. The summed E-state index contributed by atoms with van der Waals surface area (Å²) in [5.41, 5.74) is 4.29. The van der Waals surface area contributed by atoms with E-state index in [0.717, 1.165) is 92.4 Å². The van der Waals surface area contributed by atoms with Crippen LogP contribution in [0.15, 0.2) is 60.9 Å². The average Bonchev–Trinajstić information content (AvgIpc) is 3.40. The monoisotopic (exact) mass is 772 g/mol. The molecule has 1 aliphatic heterocycles. The van der Waals surface area contributed by atoms with Crippen LogP contribution in [-0.4, -0.2) is 79.2 Å². The third-order valence-corrected chi connectivity index (χ3v) is 15.9. The van der Waals surface area contributed by atoms with Gasteiger partial charge in [0, 0.05) is 87.9 Å². The maximum atomic E-state index is 14.0. The van der Waals surface area contributed by atoms with Gasteiger partial charge in [-0.3, -0.25) is 4.90 Å². The molecule has 1 saturated heterocycles. The van der Waals surface area contributed by atoms with Crippen LogP contribution in [0.2, 0.25) is 25.7 Å². The summed E-state index contributed by atoms with van der Waals surface area (Å²) in [6.07, 6.45) is 9.58. The van der Waals surface area contributed by atoms with Crippen molar-refractivity contribution >= 4 is 43.2 Å². The normalized spacial score (nSPS) is 17.3. The van der Waals surface area contributed by atoms with Gasteiger partial charge in [-0.05, 0) is 81.5 Å². The van der Waals surface area contributed by atoms with Crippen LogP contribution < -0.4 is 14.9 Å². The van der Waals surface area contributed by atoms with Gasteiger partial charge < -0.3 is 28.2 Å². The fourth-order valence-corrected chi connectivity index (χ4v) is 10.7. The van der Waals surface area contributed by atoms with Crippen LogP contribution in [0.1, 0.15) is 81.4 Å². The van der Waals surface area contributed by atoms with Gasteiger partial charge in [-0.25, -0.2) is 9.78 Å². The number of hydrogen-bond acceptors (Lipinski definition) is 8. The molecule has 1 atom stereocenters. The van der Waals surface area contributed by atoms with Gasteiger partial charge in [0.2, 0.25) is 0 Å². The Morgan fingerprint density at radius 3 is 2.44 bits per heavy atom. The number of nitrogens with zero attached hydrogens (tertiary/aromatic N) is 4. The number of piperazine rings is 1. The van der Waals surface area contributed by atoms with Gasteiger partial charge in [0.05, 0.1) is 6.20 Å². The summed E-state index contributed by atoms with van der Waals surface area (Å²) in [6, 6.07) is 17.8. The van der Waals surface area contributed by atoms with Crippen LogP contribution in [0.4, 0.5) is 5.69 Å². The molecular weight excluding hydrogens is 712 g/mol. The summed E-state index contributed by atoms with van der Waals surface area (Å²) >= 11 is 0. The zero-order valence-electron chi connectivity index (χ0n) is 33.8. The van der Waals surface area contributed by atoms with Crippen LogP contribution in [0.3, 0.4) is 0 Å². The van der Waals surface area contributed by atoms with Crippen LogP contribution in [-0.2, 0) is 27.2 Å². The maximum Gasteiger partial charge on any atom is 0.342 e. The van der Waals surface area contributed by atoms with E-state index < -0.39 is 26.8 Å². The van der Waals surface area contributed by atoms with E-state index >= 15 is 0 Å². The second-order valence-corrected chi connectivity index (χ2v) is 26.3. The van der Waals surface area contributed by atoms with Crippen molar-refractivity contribution in [2.45, 2.75) is 104 Å². The number of aromatic nitrogens is 2. The maximum absolute atomic E-state index is 14.0. The number of carbonyl (C=O) groups is 1. The van der Waals surface area contributed by atoms with Gasteiger partial charge in [-0.2, -0.15) is 0 Å². The topological polar surface area (TPSA) is 86.1 Å². The Balaban J connectivity index is 1.20. The lowest BCUT2D eigenvalue weighted by molar-refractivity contribution is 0.00671. The third kappa shape index (κ3) is 9.50. The van der Waals surface area contributed by atoms with E-state index in [0.29, 0.717) is 29.8 Å². The Kier molecular flexibility index (Phi) is 12.5. The Bertz CT molecular complexity index is 1970. The van der Waals surface area contributed by atoms with Crippen molar-refractivity contribution in [3.8, 4) is 11.5 Å². The fourth-order valence-electron chi connectivity index (χ4n) is 7.77. The Labute approximate surface area is 323 Å². The number of hydrogen-bond donors (Lipinski definition) is 0. The van der Waals surface area contributed by atoms with Crippen molar-refractivity contribution in [2.75, 3.05) is 50.0 Å². The predicted molar refractivity (Wildman–Crippen MR) is 224 cm³/mol. The second kappa shape index (κ2) is 16.7. The van der Waals surface area contributed by atoms with Crippen molar-refractivity contribution in [2.24, 2.45) is 0 Å². The average molecular weight is 773 g/mol. The van der Waals surface area contributed by atoms with Crippen LogP contribution in [0.5, 0.6) is 11.5 Å². The minimum atomic E-state index is -2.39. The SMILES string of the molecule is CCP(=O)(CC)c1cccc2c1CCCCC2N1CCN(c2ccc(C(=O)OC(C)(C)C)c(Oc3cnc4c(ccn4COCC[Si](C)(C)C)c3)c2)CC1. The molecule has 4 aromatic rings. The molecule has 54 heavy (non-hydrogen) atoms. The highest BCUT2D eigenvalue weighted by molar-refractivity contribution is 7.71. The molecule has 0 spiro atoms. The van der Waals surface area contributed by atoms with Gasteiger partial charge in [0.1, 0.15) is 42.2 Å². The molecule has 0 N–H and O–H groups in total. The molecule has 2 aromatic carbocycles. The predicted octanol–water partition coefficient (Wildman–Crippen LogP) is 9.71. The highest BCUT2D eigenvalue weighted by Gasteiger charge is 2.32. The minimum Gasteiger partial charge on any atom is -0.456 e. The first-order chi connectivity index (χ1) is 25.7. The second-order valence-electron chi connectivity index (χ2n) is 17.2. The summed E-state index contributed by atoms with van der Waals surface area (Å²) in [5.74, 6) is 0.571. The lowest BCUT2D eigenvalue weighted by Crippen LogP contribution is -2.47. The van der Waals surface area contributed by atoms with E-state index in [1.54, 1.807) is 6.20 Å². The lowest BCUT2D eigenvalue weighted by atomic mass is 9.97. The Morgan fingerprint density at radius 2 is 1.74 bits per heavy atom. The summed E-state index contributed by atoms with van der Waals surface area (Å²) < 4.78 is 34.3. The molecule has 3 heterocycles. The van der Waals surface area contributed by atoms with E-state index in [2.05, 4.69) is 61.5 Å². The molecule has 9 nitrogen and oxygen atoms in total. The number of ether oxygens (including phenoxy) is 3. The molecule has 2 aromatic heterocycles. The number of anilines is 1. The molecule has 6 rings (SSSR count). The smallest absolute Gasteiger partial charge is 0.342 e. The Hall–Kier alpha value is -3.43. The van der Waals surface area contributed by atoms with Gasteiger partial charge >= 0.3 is 5.97 Å². The van der Waals surface area contributed by atoms with Gasteiger partial charge in [0.25, 0.3) is 0 Å². The van der Waals surface area contributed by atoms with E-state index in [-0.39, 0.29) is 0 Å². The number of carbonyl (C=O) groups excluding carboxylic acids is 1. The number of fused-ring (bicyclic) bond motifs is 2. The largest absolute Gasteiger partial charge is 0.456 e. The van der Waals surface area contributed by atoms with Crippen LogP contribution in [0, 0.1) is 0 Å². The summed E-state index contributed by atoms with van der Waals surface area (Å²) in [7, 11) is -3.55. The van der Waals surface area contributed by atoms with E-state index in [1.165, 1.54) is 17.5 Å². The molecule has 1 fully saturated rings. The summed E-state index contributed by atoms with van der Waals surface area (Å²) in [4.78, 5) is 23.2. The summed E-state index contributed by atoms with van der Waals surface area (Å²) in [5, 5.41) is 2.06. The quantitative estimate of drug-likeness (QED) is 0.0437. The van der Waals surface area contributed by atoms with E-state index in [1.807, 2.05) is 61.9 Å². The molecule has 11 heteroatoms. The number of benzene rings is 2. The van der Waals surface area contributed by atoms with Crippen LogP contribution >= 0.6 is 7.14 Å². The number of rotatable bonds is 13. The molecule has 1 aliphatic carbocycles. The highest BCUT2D eigenvalue weighted by Crippen LogP contribution is 2.47. The molecule has 2 aliphatic rings. The molecule has 0 bridgehead atoms. The van der Waals surface area contributed by atoms with Crippen molar-refractivity contribution in [1.29, 1.82) is 0 Å². The Morgan fingerprint density at radius 1 is 0.981 bits per heavy atom. The van der Waals surface area contributed by atoms with Crippen molar-refractivity contribution < 1.29 is 23.6 Å². The molecule has 0 saturated carbocycles. The number of esters is 1. The van der Waals surface area contributed by atoms with Crippen molar-refractivity contribution in [3.05, 3.63) is 77.6 Å². The first-order valence-corrected chi connectivity index (χ1v) is 25.7. The minimum absolute atomic E-state index is 0.328. The van der Waals surface area contributed by atoms with Gasteiger partial charge in [-0.1, -0.05) is 58.1 Å². The van der Waals surface area contributed by atoms with E-state index in [9.17, 15) is 9.36 Å². The van der Waals surface area contributed by atoms with Gasteiger partial charge in [-0.15, -0.1) is 0 Å². The fraction of sp³-hybridized carbons (Fsp3) is 0.535. The molecule has 0 amide bonds. The zero-order valence-corrected chi connectivity index (χ0v) is 35.7. The standard InChI is InChI=1S/C43H61N4O5PSi/c1-9-53(49,10-2)40-17-13-15-35-36(40)14-11-12-16-38(35)46-24-22-45(23-25-46)33-18-19-37(42(48)52-43(3,4)5)39(29-33)51-34-28-32-20-21-47(41(32)44-30-34)31-50-26-27-54(6,7)8/h13,15,17-21,28-30,38H,9-12,14,16,22-27,31H2,1-8H3. The molecule has 0 radical (unpaired) electrons. The lowest BCUT2D eigenvalue weighted by Gasteiger charge is -2.41. The third-order valence-electron chi connectivity index (χ3n) is 10.9. The zero-order chi connectivity index (χ0) is 38.7. The van der Waals surface area contributed by atoms with Crippen LogP contribution in [0.25, 0.3) is 11.0 Å². The molecule has 1 unspecified atom stereocenters. The van der Waals surface area contributed by atoms with Gasteiger partial charge in [0.15, 0.2) is 0 Å². The molecular formula is C43H61N4O5PSi. The van der Waals surface area contributed by atoms with Crippen molar-refractivity contribution in [3.63, 3.8) is 0 Å². The number of pyridine rings is 1. The summed E-state index contributed by atoms with van der Waals surface area (Å²) in [6.45, 7) is 21.5. The van der Waals surface area contributed by atoms with Crippen molar-refractivity contribution in [1.82, 2.24) is 14.5 Å². The first kappa shape index (κ1) is 40.2. The van der Waals surface area contributed by atoms with E-state index in [4.69, 9.17) is 19.2 Å². The first-order valence-electron chi connectivity index (χ1n) is 20.0. The highest BCUT2D eigenvalue weighted by atomic mass is 31.2.